The van der Waals surface area contributed by atoms with E-state index in [0.29, 0.717) is 6.04 Å². The molecule has 196 valence electrons. The first kappa shape index (κ1) is 27.7. The highest BCUT2D eigenvalue weighted by Gasteiger charge is 2.49. The highest BCUT2D eigenvalue weighted by molar-refractivity contribution is 5.16. The summed E-state index contributed by atoms with van der Waals surface area (Å²) in [6, 6.07) is 0.582. The molecule has 4 unspecified atom stereocenters. The van der Waals surface area contributed by atoms with E-state index in [2.05, 4.69) is 32.4 Å². The Bertz CT molecular complexity index is 652. The summed E-state index contributed by atoms with van der Waals surface area (Å²) < 4.78 is 2.44. The van der Waals surface area contributed by atoms with Crippen molar-refractivity contribution >= 4 is 0 Å². The fourth-order valence-electron chi connectivity index (χ4n) is 6.92. The van der Waals surface area contributed by atoms with Gasteiger partial charge in [0.15, 0.2) is 0 Å². The topological polar surface area (TPSA) is 30.7 Å². The number of hydrogen-bond donors (Lipinski definition) is 0. The molecule has 0 aromatic carbocycles. The molecule has 0 saturated heterocycles. The average molecular weight is 472 g/mol. The lowest BCUT2D eigenvalue weighted by atomic mass is 9.96. The van der Waals surface area contributed by atoms with Gasteiger partial charge in [0.2, 0.25) is 0 Å². The van der Waals surface area contributed by atoms with Crippen LogP contribution >= 0.6 is 0 Å². The van der Waals surface area contributed by atoms with Crippen molar-refractivity contribution in [1.29, 1.82) is 0 Å². The first-order valence-electron chi connectivity index (χ1n) is 15.6. The van der Waals surface area contributed by atoms with Gasteiger partial charge in [-0.2, -0.15) is 0 Å². The van der Waals surface area contributed by atoms with Gasteiger partial charge in [-0.05, 0) is 68.6 Å². The maximum Gasteiger partial charge on any atom is 0.0859 e. The molecule has 3 heteroatoms. The summed E-state index contributed by atoms with van der Waals surface area (Å²) in [7, 11) is 0. The molecule has 0 N–H and O–H groups in total. The molecular formula is C31H57N3. The van der Waals surface area contributed by atoms with Gasteiger partial charge in [0.1, 0.15) is 0 Å². The minimum Gasteiger partial charge on any atom is -0.246 e. The van der Waals surface area contributed by atoms with E-state index < -0.39 is 0 Å². The summed E-state index contributed by atoms with van der Waals surface area (Å²) in [5, 5.41) is 9.61. The molecule has 1 aromatic heterocycles. The van der Waals surface area contributed by atoms with E-state index in [-0.39, 0.29) is 0 Å². The zero-order chi connectivity index (χ0) is 24.2. The molecule has 2 aliphatic carbocycles. The van der Waals surface area contributed by atoms with Gasteiger partial charge in [-0.15, -0.1) is 5.10 Å². The van der Waals surface area contributed by atoms with E-state index in [1.165, 1.54) is 140 Å². The minimum absolute atomic E-state index is 0.582. The van der Waals surface area contributed by atoms with Crippen LogP contribution in [0.3, 0.4) is 0 Å². The Kier molecular flexibility index (Phi) is 12.5. The van der Waals surface area contributed by atoms with Gasteiger partial charge in [-0.1, -0.05) is 116 Å². The summed E-state index contributed by atoms with van der Waals surface area (Å²) in [5.74, 6) is 3.89. The van der Waals surface area contributed by atoms with Gasteiger partial charge in [0.25, 0.3) is 0 Å². The molecule has 1 aromatic rings. The van der Waals surface area contributed by atoms with Crippen molar-refractivity contribution in [2.24, 2.45) is 23.7 Å². The molecule has 1 heterocycles. The molecule has 2 aliphatic rings. The van der Waals surface area contributed by atoms with Crippen molar-refractivity contribution in [2.45, 2.75) is 162 Å². The van der Waals surface area contributed by atoms with Crippen LogP contribution in [-0.4, -0.2) is 15.0 Å². The normalized spacial score (nSPS) is 22.8. The molecule has 1 fully saturated rings. The minimum atomic E-state index is 0.582. The average Bonchev–Trinajstić information content (AvgIpc) is 3.29. The summed E-state index contributed by atoms with van der Waals surface area (Å²) in [4.78, 5) is 0. The lowest BCUT2D eigenvalue weighted by Crippen LogP contribution is -2.16. The largest absolute Gasteiger partial charge is 0.246 e. The monoisotopic (exact) mass is 471 g/mol. The van der Waals surface area contributed by atoms with Gasteiger partial charge >= 0.3 is 0 Å². The van der Waals surface area contributed by atoms with Crippen LogP contribution in [0.25, 0.3) is 0 Å². The molecule has 0 amide bonds. The third-order valence-electron chi connectivity index (χ3n) is 9.16. The first-order valence-corrected chi connectivity index (χ1v) is 15.6. The third-order valence-corrected chi connectivity index (χ3v) is 9.16. The molecule has 3 rings (SSSR count). The van der Waals surface area contributed by atoms with Crippen molar-refractivity contribution in [3.63, 3.8) is 0 Å². The quantitative estimate of drug-likeness (QED) is 0.200. The zero-order valence-electron chi connectivity index (χ0n) is 23.4. The fourth-order valence-corrected chi connectivity index (χ4v) is 6.92. The summed E-state index contributed by atoms with van der Waals surface area (Å²) in [5.41, 5.74) is 2.88. The number of rotatable bonds is 18. The van der Waals surface area contributed by atoms with E-state index in [9.17, 15) is 0 Å². The molecule has 0 radical (unpaired) electrons. The van der Waals surface area contributed by atoms with Crippen LogP contribution in [0, 0.1) is 23.7 Å². The highest BCUT2D eigenvalue weighted by Crippen LogP contribution is 2.56. The molecule has 34 heavy (non-hydrogen) atoms. The number of nitrogens with zero attached hydrogens (tertiary/aromatic N) is 3. The lowest BCUT2D eigenvalue weighted by Gasteiger charge is -2.21. The van der Waals surface area contributed by atoms with E-state index in [1.54, 1.807) is 0 Å². The Morgan fingerprint density at radius 2 is 1.32 bits per heavy atom. The summed E-state index contributed by atoms with van der Waals surface area (Å²) in [6.45, 7) is 9.46. The summed E-state index contributed by atoms with van der Waals surface area (Å²) in [6.07, 6.45) is 27.1. The van der Waals surface area contributed by atoms with Crippen molar-refractivity contribution in [3.8, 4) is 0 Å². The van der Waals surface area contributed by atoms with Gasteiger partial charge in [0, 0.05) is 0 Å². The summed E-state index contributed by atoms with van der Waals surface area (Å²) >= 11 is 0. The molecule has 1 saturated carbocycles. The second-order valence-electron chi connectivity index (χ2n) is 12.0. The third kappa shape index (κ3) is 8.37. The second-order valence-corrected chi connectivity index (χ2v) is 12.0. The molecule has 0 bridgehead atoms. The SMILES string of the molecule is CCCCCCCC(CCCCCCC)n1nnc2c1CCC1C(CC2)C1CC(C)CCCC. The van der Waals surface area contributed by atoms with Crippen LogP contribution in [0.2, 0.25) is 0 Å². The van der Waals surface area contributed by atoms with Crippen molar-refractivity contribution < 1.29 is 0 Å². The first-order chi connectivity index (χ1) is 16.7. The maximum absolute atomic E-state index is 4.82. The van der Waals surface area contributed by atoms with Crippen LogP contribution in [-0.2, 0) is 12.8 Å². The number of aromatic nitrogens is 3. The van der Waals surface area contributed by atoms with E-state index >= 15 is 0 Å². The highest BCUT2D eigenvalue weighted by atomic mass is 15.4. The van der Waals surface area contributed by atoms with Gasteiger partial charge in [-0.25, -0.2) is 4.68 Å². The Labute approximate surface area is 212 Å². The Morgan fingerprint density at radius 1 is 0.735 bits per heavy atom. The van der Waals surface area contributed by atoms with Crippen molar-refractivity contribution in [3.05, 3.63) is 11.4 Å². The Hall–Kier alpha value is -0.860. The molecule has 3 nitrogen and oxygen atoms in total. The van der Waals surface area contributed by atoms with Crippen LogP contribution < -0.4 is 0 Å². The van der Waals surface area contributed by atoms with Crippen molar-refractivity contribution in [1.82, 2.24) is 15.0 Å². The van der Waals surface area contributed by atoms with E-state index in [1.807, 2.05) is 0 Å². The number of unbranched alkanes of at least 4 members (excludes halogenated alkanes) is 9. The fraction of sp³-hybridized carbons (Fsp3) is 0.935. The van der Waals surface area contributed by atoms with Crippen LogP contribution in [0.1, 0.15) is 161 Å². The zero-order valence-corrected chi connectivity index (χ0v) is 23.4. The van der Waals surface area contributed by atoms with Gasteiger partial charge in [-0.3, -0.25) is 0 Å². The number of hydrogen-bond acceptors (Lipinski definition) is 2. The Morgan fingerprint density at radius 3 is 1.94 bits per heavy atom. The van der Waals surface area contributed by atoms with Gasteiger partial charge in [0.05, 0.1) is 17.4 Å². The second kappa shape index (κ2) is 15.3. The van der Waals surface area contributed by atoms with Crippen LogP contribution in [0.15, 0.2) is 0 Å². The maximum atomic E-state index is 4.82. The standard InChI is InChI=1S/C31H57N3/c1-5-8-11-13-15-18-26(19-16-14-12-9-6-2)34-31-23-21-28-27(20-22-30(31)32-33-34)29(28)24-25(4)17-10-7-3/h25-29H,5-24H2,1-4H3. The van der Waals surface area contributed by atoms with Gasteiger partial charge < -0.3 is 0 Å². The van der Waals surface area contributed by atoms with Crippen molar-refractivity contribution in [2.75, 3.05) is 0 Å². The van der Waals surface area contributed by atoms with Crippen LogP contribution in [0.4, 0.5) is 0 Å². The predicted molar refractivity (Wildman–Crippen MR) is 146 cm³/mol. The number of fused-ring (bicyclic) bond motifs is 2. The molecular weight excluding hydrogens is 414 g/mol. The molecule has 0 spiro atoms. The Balaban J connectivity index is 1.57. The van der Waals surface area contributed by atoms with E-state index in [4.69, 9.17) is 10.3 Å². The van der Waals surface area contributed by atoms with Crippen LogP contribution in [0.5, 0.6) is 0 Å². The number of aryl methyl sites for hydroxylation is 1. The predicted octanol–water partition coefficient (Wildman–Crippen LogP) is 9.50. The van der Waals surface area contributed by atoms with E-state index in [0.717, 1.165) is 23.7 Å². The molecule has 4 atom stereocenters. The lowest BCUT2D eigenvalue weighted by molar-refractivity contribution is 0.349. The smallest absolute Gasteiger partial charge is 0.0859 e. The molecule has 0 aliphatic heterocycles.